The van der Waals surface area contributed by atoms with Crippen LogP contribution >= 0.6 is 0 Å². The Morgan fingerprint density at radius 2 is 1.89 bits per heavy atom. The normalized spacial score (nSPS) is 10.2. The van der Waals surface area contributed by atoms with E-state index in [1.165, 1.54) is 36.4 Å². The van der Waals surface area contributed by atoms with E-state index in [1.807, 2.05) is 0 Å². The zero-order valence-electron chi connectivity index (χ0n) is 9.54. The standard InChI is InChI=1S/C13H8FNO4/c14-11-6-2-5-10(12(11)13(16)17)8-3-1-4-9(7-8)15(18)19/h1-7H,(H,16,17). The molecule has 2 aromatic carbocycles. The fourth-order valence-electron chi connectivity index (χ4n) is 1.77. The van der Waals surface area contributed by atoms with Gasteiger partial charge in [0.25, 0.3) is 5.69 Å². The predicted octanol–water partition coefficient (Wildman–Crippen LogP) is 3.10. The summed E-state index contributed by atoms with van der Waals surface area (Å²) in [4.78, 5) is 21.2. The zero-order valence-corrected chi connectivity index (χ0v) is 9.54. The Hall–Kier alpha value is -2.76. The number of aromatic carboxylic acids is 1. The van der Waals surface area contributed by atoms with Gasteiger partial charge in [-0.2, -0.15) is 0 Å². The molecule has 0 heterocycles. The highest BCUT2D eigenvalue weighted by molar-refractivity contribution is 5.96. The third-order valence-corrected chi connectivity index (χ3v) is 2.60. The Balaban J connectivity index is 2.65. The second-order valence-corrected chi connectivity index (χ2v) is 3.77. The number of halogens is 1. The van der Waals surface area contributed by atoms with Crippen LogP contribution in [0.5, 0.6) is 0 Å². The Morgan fingerprint density at radius 3 is 2.53 bits per heavy atom. The molecule has 6 heteroatoms. The van der Waals surface area contributed by atoms with Gasteiger partial charge in [0.15, 0.2) is 0 Å². The van der Waals surface area contributed by atoms with Gasteiger partial charge in [-0.15, -0.1) is 0 Å². The number of benzene rings is 2. The van der Waals surface area contributed by atoms with Gasteiger partial charge in [-0.1, -0.05) is 24.3 Å². The summed E-state index contributed by atoms with van der Waals surface area (Å²) in [6, 6.07) is 9.20. The van der Waals surface area contributed by atoms with Crippen molar-refractivity contribution in [3.05, 3.63) is 64.0 Å². The lowest BCUT2D eigenvalue weighted by atomic mass is 9.99. The van der Waals surface area contributed by atoms with Crippen molar-refractivity contribution >= 4 is 11.7 Å². The number of hydrogen-bond acceptors (Lipinski definition) is 3. The van der Waals surface area contributed by atoms with E-state index in [-0.39, 0.29) is 16.8 Å². The number of carboxylic acids is 1. The molecule has 19 heavy (non-hydrogen) atoms. The number of rotatable bonds is 3. The van der Waals surface area contributed by atoms with Crippen molar-refractivity contribution in [2.45, 2.75) is 0 Å². The van der Waals surface area contributed by atoms with Crippen molar-refractivity contribution in [2.75, 3.05) is 0 Å². The summed E-state index contributed by atoms with van der Waals surface area (Å²) < 4.78 is 13.5. The van der Waals surface area contributed by atoms with Gasteiger partial charge in [-0.05, 0) is 17.2 Å². The fourth-order valence-corrected chi connectivity index (χ4v) is 1.77. The molecule has 96 valence electrons. The van der Waals surface area contributed by atoms with Crippen LogP contribution in [0, 0.1) is 15.9 Å². The second-order valence-electron chi connectivity index (χ2n) is 3.77. The average molecular weight is 261 g/mol. The van der Waals surface area contributed by atoms with Crippen LogP contribution in [-0.4, -0.2) is 16.0 Å². The van der Waals surface area contributed by atoms with Crippen LogP contribution in [0.15, 0.2) is 42.5 Å². The molecule has 0 bridgehead atoms. The molecule has 0 aliphatic rings. The minimum Gasteiger partial charge on any atom is -0.478 e. The third-order valence-electron chi connectivity index (χ3n) is 2.60. The highest BCUT2D eigenvalue weighted by Crippen LogP contribution is 2.28. The van der Waals surface area contributed by atoms with Crippen molar-refractivity contribution in [2.24, 2.45) is 0 Å². The molecule has 0 aromatic heterocycles. The van der Waals surface area contributed by atoms with Crippen molar-refractivity contribution in [1.82, 2.24) is 0 Å². The van der Waals surface area contributed by atoms with Crippen LogP contribution in [0.4, 0.5) is 10.1 Å². The van der Waals surface area contributed by atoms with E-state index in [0.29, 0.717) is 0 Å². The number of non-ortho nitro benzene ring substituents is 1. The maximum absolute atomic E-state index is 13.5. The maximum Gasteiger partial charge on any atom is 0.339 e. The lowest BCUT2D eigenvalue weighted by Crippen LogP contribution is -2.03. The molecule has 0 fully saturated rings. The largest absolute Gasteiger partial charge is 0.478 e. The first-order chi connectivity index (χ1) is 9.00. The van der Waals surface area contributed by atoms with Crippen molar-refractivity contribution in [3.8, 4) is 11.1 Å². The number of nitro groups is 1. The van der Waals surface area contributed by atoms with E-state index in [9.17, 15) is 19.3 Å². The molecule has 0 radical (unpaired) electrons. The molecular formula is C13H8FNO4. The summed E-state index contributed by atoms with van der Waals surface area (Å²) in [5, 5.41) is 19.7. The fraction of sp³-hybridized carbons (Fsp3) is 0. The van der Waals surface area contributed by atoms with E-state index in [0.717, 1.165) is 6.07 Å². The molecule has 0 aliphatic heterocycles. The van der Waals surface area contributed by atoms with Crippen LogP contribution in [-0.2, 0) is 0 Å². The summed E-state index contributed by atoms with van der Waals surface area (Å²) >= 11 is 0. The maximum atomic E-state index is 13.5. The lowest BCUT2D eigenvalue weighted by molar-refractivity contribution is -0.384. The molecule has 0 aliphatic carbocycles. The Bertz CT molecular complexity index is 669. The lowest BCUT2D eigenvalue weighted by Gasteiger charge is -2.07. The molecule has 0 spiro atoms. The van der Waals surface area contributed by atoms with E-state index in [2.05, 4.69) is 0 Å². The van der Waals surface area contributed by atoms with Gasteiger partial charge in [-0.3, -0.25) is 10.1 Å². The SMILES string of the molecule is O=C(O)c1c(F)cccc1-c1cccc([N+](=O)[O-])c1. The summed E-state index contributed by atoms with van der Waals surface area (Å²) in [7, 11) is 0. The molecule has 0 unspecified atom stereocenters. The first-order valence-electron chi connectivity index (χ1n) is 5.27. The van der Waals surface area contributed by atoms with Crippen LogP contribution in [0.1, 0.15) is 10.4 Å². The number of hydrogen-bond donors (Lipinski definition) is 1. The van der Waals surface area contributed by atoms with Crippen LogP contribution in [0.2, 0.25) is 0 Å². The second kappa shape index (κ2) is 4.85. The van der Waals surface area contributed by atoms with E-state index < -0.39 is 22.3 Å². The van der Waals surface area contributed by atoms with Crippen LogP contribution in [0.25, 0.3) is 11.1 Å². The van der Waals surface area contributed by atoms with Crippen molar-refractivity contribution < 1.29 is 19.2 Å². The summed E-state index contributed by atoms with van der Waals surface area (Å²) in [5.74, 6) is -2.30. The van der Waals surface area contributed by atoms with E-state index >= 15 is 0 Å². The van der Waals surface area contributed by atoms with Crippen molar-refractivity contribution in [3.63, 3.8) is 0 Å². The highest BCUT2D eigenvalue weighted by atomic mass is 19.1. The summed E-state index contributed by atoms with van der Waals surface area (Å²) in [6.45, 7) is 0. The minimum atomic E-state index is -1.42. The molecule has 5 nitrogen and oxygen atoms in total. The Labute approximate surface area is 107 Å². The molecule has 0 saturated heterocycles. The first-order valence-corrected chi connectivity index (χ1v) is 5.27. The monoisotopic (exact) mass is 261 g/mol. The number of nitrogens with zero attached hydrogens (tertiary/aromatic N) is 1. The zero-order chi connectivity index (χ0) is 14.0. The van der Waals surface area contributed by atoms with Crippen molar-refractivity contribution in [1.29, 1.82) is 0 Å². The van der Waals surface area contributed by atoms with E-state index in [1.54, 1.807) is 0 Å². The van der Waals surface area contributed by atoms with Gasteiger partial charge in [0.1, 0.15) is 11.4 Å². The first kappa shape index (κ1) is 12.7. The van der Waals surface area contributed by atoms with E-state index in [4.69, 9.17) is 5.11 Å². The molecule has 2 aromatic rings. The summed E-state index contributed by atoms with van der Waals surface area (Å²) in [5.41, 5.74) is -0.289. The number of nitro benzene ring substituents is 1. The predicted molar refractivity (Wildman–Crippen MR) is 65.4 cm³/mol. The molecule has 1 N–H and O–H groups in total. The minimum absolute atomic E-state index is 0.108. The smallest absolute Gasteiger partial charge is 0.339 e. The van der Waals surface area contributed by atoms with Crippen LogP contribution in [0.3, 0.4) is 0 Å². The van der Waals surface area contributed by atoms with Gasteiger partial charge >= 0.3 is 5.97 Å². The van der Waals surface area contributed by atoms with Gasteiger partial charge in [0, 0.05) is 12.1 Å². The molecule has 0 atom stereocenters. The van der Waals surface area contributed by atoms with Gasteiger partial charge in [0.2, 0.25) is 0 Å². The summed E-state index contributed by atoms with van der Waals surface area (Å²) in [6.07, 6.45) is 0. The Kier molecular flexibility index (Phi) is 3.24. The highest BCUT2D eigenvalue weighted by Gasteiger charge is 2.18. The average Bonchev–Trinajstić information content (AvgIpc) is 2.38. The third kappa shape index (κ3) is 2.42. The van der Waals surface area contributed by atoms with Crippen LogP contribution < -0.4 is 0 Å². The molecule has 0 saturated carbocycles. The molecule has 0 amide bonds. The van der Waals surface area contributed by atoms with Gasteiger partial charge in [-0.25, -0.2) is 9.18 Å². The number of carboxylic acid groups (broad SMARTS) is 1. The topological polar surface area (TPSA) is 80.4 Å². The quantitative estimate of drug-likeness (QED) is 0.680. The molecule has 2 rings (SSSR count). The van der Waals surface area contributed by atoms with Gasteiger partial charge in [0.05, 0.1) is 4.92 Å². The van der Waals surface area contributed by atoms with Gasteiger partial charge < -0.3 is 5.11 Å². The number of carbonyl (C=O) groups is 1. The Morgan fingerprint density at radius 1 is 1.21 bits per heavy atom. The molecular weight excluding hydrogens is 253 g/mol.